The van der Waals surface area contributed by atoms with Crippen LogP contribution in [0.15, 0.2) is 24.3 Å². The van der Waals surface area contributed by atoms with Crippen LogP contribution in [0.2, 0.25) is 0 Å². The van der Waals surface area contributed by atoms with Gasteiger partial charge in [-0.2, -0.15) is 0 Å². The predicted octanol–water partition coefficient (Wildman–Crippen LogP) is 3.12. The van der Waals surface area contributed by atoms with Crippen LogP contribution in [0.3, 0.4) is 0 Å². The van der Waals surface area contributed by atoms with Crippen molar-refractivity contribution in [2.24, 2.45) is 0 Å². The average molecular weight is 193 g/mol. The number of non-ortho nitro benzene ring substituents is 1. The number of benzene rings is 1. The molecule has 0 fully saturated rings. The van der Waals surface area contributed by atoms with E-state index in [9.17, 15) is 10.1 Å². The van der Waals surface area contributed by atoms with E-state index in [-0.39, 0.29) is 10.6 Å². The zero-order valence-electron chi connectivity index (χ0n) is 6.98. The number of fused-ring (bicyclic) bond motifs is 1. The molecule has 0 unspecified atom stereocenters. The first kappa shape index (κ1) is 8.19. The maximum atomic E-state index is 10.6. The van der Waals surface area contributed by atoms with E-state index >= 15 is 0 Å². The molecule has 0 amide bonds. The molecule has 1 aromatic carbocycles. The molecule has 0 aliphatic rings. The summed E-state index contributed by atoms with van der Waals surface area (Å²) < 4.78 is 0.978. The zero-order chi connectivity index (χ0) is 9.42. The molecule has 1 aromatic heterocycles. The van der Waals surface area contributed by atoms with Crippen LogP contribution in [0.4, 0.5) is 5.69 Å². The molecule has 3 nitrogen and oxygen atoms in total. The highest BCUT2D eigenvalue weighted by Gasteiger charge is 2.12. The summed E-state index contributed by atoms with van der Waals surface area (Å²) in [6.07, 6.45) is 0. The highest BCUT2D eigenvalue weighted by atomic mass is 32.1. The molecule has 1 heterocycles. The molecule has 0 aliphatic heterocycles. The largest absolute Gasteiger partial charge is 0.278 e. The summed E-state index contributed by atoms with van der Waals surface area (Å²) in [7, 11) is 0. The first-order valence-corrected chi connectivity index (χ1v) is 4.63. The van der Waals surface area contributed by atoms with E-state index in [1.54, 1.807) is 17.4 Å². The average Bonchev–Trinajstić information content (AvgIpc) is 2.43. The molecule has 13 heavy (non-hydrogen) atoms. The molecule has 0 bridgehead atoms. The Hall–Kier alpha value is -1.42. The van der Waals surface area contributed by atoms with Gasteiger partial charge < -0.3 is 0 Å². The Morgan fingerprint density at radius 1 is 1.46 bits per heavy atom. The van der Waals surface area contributed by atoms with Crippen molar-refractivity contribution in [1.29, 1.82) is 0 Å². The molecule has 0 saturated heterocycles. The molecule has 0 radical (unpaired) electrons. The third-order valence-electron chi connectivity index (χ3n) is 1.86. The Morgan fingerprint density at radius 2 is 2.23 bits per heavy atom. The molecule has 66 valence electrons. The van der Waals surface area contributed by atoms with Gasteiger partial charge in [0.1, 0.15) is 0 Å². The van der Waals surface area contributed by atoms with Crippen LogP contribution in [0.1, 0.15) is 4.88 Å². The predicted molar refractivity (Wildman–Crippen MR) is 53.2 cm³/mol. The minimum Gasteiger partial charge on any atom is -0.258 e. The Bertz CT molecular complexity index is 475. The quantitative estimate of drug-likeness (QED) is 0.516. The number of aryl methyl sites for hydroxylation is 1. The van der Waals surface area contributed by atoms with Crippen molar-refractivity contribution in [2.75, 3.05) is 0 Å². The van der Waals surface area contributed by atoms with E-state index in [1.807, 2.05) is 19.1 Å². The summed E-state index contributed by atoms with van der Waals surface area (Å²) in [5, 5.41) is 11.4. The van der Waals surface area contributed by atoms with Crippen molar-refractivity contribution < 1.29 is 4.92 Å². The van der Waals surface area contributed by atoms with Gasteiger partial charge in [-0.15, -0.1) is 11.3 Å². The molecule has 2 aromatic rings. The van der Waals surface area contributed by atoms with Crippen LogP contribution >= 0.6 is 11.3 Å². The summed E-state index contributed by atoms with van der Waals surface area (Å²) in [5.41, 5.74) is 0.196. The van der Waals surface area contributed by atoms with Gasteiger partial charge in [0.2, 0.25) is 0 Å². The number of nitro benzene ring substituents is 1. The van der Waals surface area contributed by atoms with E-state index < -0.39 is 0 Å². The van der Waals surface area contributed by atoms with Gasteiger partial charge in [0.05, 0.1) is 10.3 Å². The van der Waals surface area contributed by atoms with Gasteiger partial charge in [-0.1, -0.05) is 6.07 Å². The SMILES string of the molecule is Cc1cc2c([N+](=O)[O-])cccc2s1. The second kappa shape index (κ2) is 2.81. The van der Waals surface area contributed by atoms with Gasteiger partial charge in [-0.05, 0) is 19.1 Å². The molecule has 0 saturated carbocycles. The summed E-state index contributed by atoms with van der Waals surface area (Å²) in [6.45, 7) is 1.95. The first-order chi connectivity index (χ1) is 6.18. The normalized spacial score (nSPS) is 10.5. The highest BCUT2D eigenvalue weighted by molar-refractivity contribution is 7.19. The van der Waals surface area contributed by atoms with Crippen molar-refractivity contribution >= 4 is 27.1 Å². The summed E-state index contributed by atoms with van der Waals surface area (Å²) >= 11 is 1.58. The van der Waals surface area contributed by atoms with E-state index in [0.29, 0.717) is 0 Å². The maximum absolute atomic E-state index is 10.6. The van der Waals surface area contributed by atoms with E-state index in [1.165, 1.54) is 6.07 Å². The van der Waals surface area contributed by atoms with E-state index in [4.69, 9.17) is 0 Å². The second-order valence-electron chi connectivity index (χ2n) is 2.80. The Kier molecular flexibility index (Phi) is 1.77. The van der Waals surface area contributed by atoms with Gasteiger partial charge in [0.25, 0.3) is 5.69 Å². The van der Waals surface area contributed by atoms with Crippen molar-refractivity contribution in [3.8, 4) is 0 Å². The lowest BCUT2D eigenvalue weighted by molar-refractivity contribution is -0.383. The van der Waals surface area contributed by atoms with Gasteiger partial charge in [0.15, 0.2) is 0 Å². The molecular weight excluding hydrogens is 186 g/mol. The number of thiophene rings is 1. The maximum Gasteiger partial charge on any atom is 0.278 e. The zero-order valence-corrected chi connectivity index (χ0v) is 7.80. The highest BCUT2D eigenvalue weighted by Crippen LogP contribution is 2.31. The fourth-order valence-corrected chi connectivity index (χ4v) is 2.28. The minimum atomic E-state index is -0.339. The van der Waals surface area contributed by atoms with Gasteiger partial charge in [-0.25, -0.2) is 0 Å². The molecule has 0 atom stereocenters. The number of nitro groups is 1. The van der Waals surface area contributed by atoms with Crippen LogP contribution in [0, 0.1) is 17.0 Å². The molecule has 0 aliphatic carbocycles. The number of nitrogens with zero attached hydrogens (tertiary/aromatic N) is 1. The van der Waals surface area contributed by atoms with Crippen LogP contribution in [-0.4, -0.2) is 4.92 Å². The fourth-order valence-electron chi connectivity index (χ4n) is 1.33. The number of rotatable bonds is 1. The molecule has 4 heteroatoms. The Labute approximate surface area is 78.8 Å². The van der Waals surface area contributed by atoms with Crippen LogP contribution in [0.5, 0.6) is 0 Å². The molecule has 0 N–H and O–H groups in total. The molecular formula is C9H7NO2S. The van der Waals surface area contributed by atoms with E-state index in [2.05, 4.69) is 0 Å². The smallest absolute Gasteiger partial charge is 0.258 e. The standard InChI is InChI=1S/C9H7NO2S/c1-6-5-7-8(10(11)12)3-2-4-9(7)13-6/h2-5H,1H3. The van der Waals surface area contributed by atoms with Gasteiger partial charge in [0, 0.05) is 15.6 Å². The van der Waals surface area contributed by atoms with Crippen molar-refractivity contribution in [3.05, 3.63) is 39.3 Å². The molecule has 2 rings (SSSR count). The van der Waals surface area contributed by atoms with Crippen LogP contribution < -0.4 is 0 Å². The third kappa shape index (κ3) is 1.29. The first-order valence-electron chi connectivity index (χ1n) is 3.82. The summed E-state index contributed by atoms with van der Waals surface area (Å²) in [6, 6.07) is 7.02. The number of hydrogen-bond acceptors (Lipinski definition) is 3. The van der Waals surface area contributed by atoms with E-state index in [0.717, 1.165) is 15.0 Å². The monoisotopic (exact) mass is 193 g/mol. The Morgan fingerprint density at radius 3 is 2.92 bits per heavy atom. The molecule has 0 spiro atoms. The lowest BCUT2D eigenvalue weighted by atomic mass is 10.2. The minimum absolute atomic E-state index is 0.196. The second-order valence-corrected chi connectivity index (χ2v) is 4.09. The fraction of sp³-hybridized carbons (Fsp3) is 0.111. The van der Waals surface area contributed by atoms with Crippen LogP contribution in [-0.2, 0) is 0 Å². The third-order valence-corrected chi connectivity index (χ3v) is 2.87. The van der Waals surface area contributed by atoms with Gasteiger partial charge in [-0.3, -0.25) is 10.1 Å². The van der Waals surface area contributed by atoms with Gasteiger partial charge >= 0.3 is 0 Å². The van der Waals surface area contributed by atoms with Crippen molar-refractivity contribution in [1.82, 2.24) is 0 Å². The van der Waals surface area contributed by atoms with Crippen molar-refractivity contribution in [3.63, 3.8) is 0 Å². The topological polar surface area (TPSA) is 43.1 Å². The van der Waals surface area contributed by atoms with Crippen molar-refractivity contribution in [2.45, 2.75) is 6.92 Å². The Balaban J connectivity index is 2.82. The van der Waals surface area contributed by atoms with Crippen LogP contribution in [0.25, 0.3) is 10.1 Å². The lowest BCUT2D eigenvalue weighted by Gasteiger charge is -1.91. The summed E-state index contributed by atoms with van der Waals surface area (Å²) in [5.74, 6) is 0. The lowest BCUT2D eigenvalue weighted by Crippen LogP contribution is -1.86. The number of hydrogen-bond donors (Lipinski definition) is 0. The summed E-state index contributed by atoms with van der Waals surface area (Å²) in [4.78, 5) is 11.4.